The molecule has 2 aromatic rings. The van der Waals surface area contributed by atoms with Gasteiger partial charge in [-0.3, -0.25) is 0 Å². The third-order valence-electron chi connectivity index (χ3n) is 3.11. The van der Waals surface area contributed by atoms with Gasteiger partial charge in [-0.2, -0.15) is 5.26 Å². The monoisotopic (exact) mass is 298 g/mol. The number of ether oxygens (including phenoxy) is 1. The number of aromatic nitrogens is 1. The summed E-state index contributed by atoms with van der Waals surface area (Å²) in [5, 5.41) is 21.4. The SMILES string of the molecule is Cc1noc(C)c1COc1ccc(/C=C(\C#N)C(=O)O)cc1. The molecule has 0 atom stereocenters. The van der Waals surface area contributed by atoms with Crippen LogP contribution >= 0.6 is 0 Å². The van der Waals surface area contributed by atoms with E-state index in [4.69, 9.17) is 19.6 Å². The lowest BCUT2D eigenvalue weighted by Crippen LogP contribution is -1.98. The van der Waals surface area contributed by atoms with E-state index in [1.165, 1.54) is 6.08 Å². The van der Waals surface area contributed by atoms with Crippen molar-refractivity contribution in [2.45, 2.75) is 20.5 Å². The molecular weight excluding hydrogens is 284 g/mol. The zero-order valence-electron chi connectivity index (χ0n) is 12.2. The number of nitrogens with zero attached hydrogens (tertiary/aromatic N) is 2. The summed E-state index contributed by atoms with van der Waals surface area (Å²) in [6.45, 7) is 4.01. The molecule has 6 heteroatoms. The number of hydrogen-bond donors (Lipinski definition) is 1. The highest BCUT2D eigenvalue weighted by atomic mass is 16.5. The van der Waals surface area contributed by atoms with E-state index >= 15 is 0 Å². The highest BCUT2D eigenvalue weighted by Gasteiger charge is 2.09. The van der Waals surface area contributed by atoms with Gasteiger partial charge >= 0.3 is 5.97 Å². The van der Waals surface area contributed by atoms with Crippen molar-refractivity contribution < 1.29 is 19.2 Å². The molecule has 0 saturated heterocycles. The third-order valence-corrected chi connectivity index (χ3v) is 3.11. The molecule has 1 N–H and O–H groups in total. The molecule has 0 fully saturated rings. The van der Waals surface area contributed by atoms with Gasteiger partial charge in [-0.05, 0) is 37.6 Å². The predicted molar refractivity (Wildman–Crippen MR) is 78.0 cm³/mol. The lowest BCUT2D eigenvalue weighted by molar-refractivity contribution is -0.132. The van der Waals surface area contributed by atoms with E-state index < -0.39 is 5.97 Å². The molecule has 2 rings (SSSR count). The van der Waals surface area contributed by atoms with Gasteiger partial charge in [0, 0.05) is 0 Å². The van der Waals surface area contributed by atoms with Crippen LogP contribution in [0.1, 0.15) is 22.6 Å². The van der Waals surface area contributed by atoms with Crippen LogP contribution in [0.15, 0.2) is 34.4 Å². The number of hydrogen-bond acceptors (Lipinski definition) is 5. The summed E-state index contributed by atoms with van der Waals surface area (Å²) in [4.78, 5) is 10.8. The topological polar surface area (TPSA) is 96.4 Å². The Bertz CT molecular complexity index is 732. The Morgan fingerprint density at radius 3 is 2.59 bits per heavy atom. The van der Waals surface area contributed by atoms with Crippen molar-refractivity contribution in [3.05, 3.63) is 52.4 Å². The Morgan fingerprint density at radius 1 is 1.41 bits per heavy atom. The van der Waals surface area contributed by atoms with Gasteiger partial charge in [0.15, 0.2) is 0 Å². The number of benzene rings is 1. The maximum absolute atomic E-state index is 10.8. The van der Waals surface area contributed by atoms with Gasteiger partial charge < -0.3 is 14.4 Å². The summed E-state index contributed by atoms with van der Waals surface area (Å²) in [5.74, 6) is 0.101. The van der Waals surface area contributed by atoms with E-state index in [1.54, 1.807) is 30.3 Å². The van der Waals surface area contributed by atoms with Crippen LogP contribution < -0.4 is 4.74 Å². The van der Waals surface area contributed by atoms with Gasteiger partial charge in [0.2, 0.25) is 0 Å². The smallest absolute Gasteiger partial charge is 0.346 e. The Kier molecular flexibility index (Phi) is 4.59. The third kappa shape index (κ3) is 3.52. The lowest BCUT2D eigenvalue weighted by Gasteiger charge is -2.06. The molecular formula is C16H14N2O4. The van der Waals surface area contributed by atoms with Crippen LogP contribution in [-0.2, 0) is 11.4 Å². The van der Waals surface area contributed by atoms with E-state index in [2.05, 4.69) is 5.16 Å². The van der Waals surface area contributed by atoms with Crippen LogP contribution in [0.25, 0.3) is 6.08 Å². The summed E-state index contributed by atoms with van der Waals surface area (Å²) in [7, 11) is 0. The Labute approximate surface area is 127 Å². The van der Waals surface area contributed by atoms with Crippen LogP contribution in [0.5, 0.6) is 5.75 Å². The second-order valence-electron chi connectivity index (χ2n) is 4.64. The summed E-state index contributed by atoms with van der Waals surface area (Å²) in [6, 6.07) is 8.42. The normalized spacial score (nSPS) is 11.0. The minimum absolute atomic E-state index is 0.315. The summed E-state index contributed by atoms with van der Waals surface area (Å²) >= 11 is 0. The molecule has 0 spiro atoms. The van der Waals surface area contributed by atoms with Crippen molar-refractivity contribution >= 4 is 12.0 Å². The second-order valence-corrected chi connectivity index (χ2v) is 4.64. The number of nitriles is 1. The molecule has 0 aliphatic rings. The fraction of sp³-hybridized carbons (Fsp3) is 0.188. The average Bonchev–Trinajstić information content (AvgIpc) is 2.82. The first-order valence-electron chi connectivity index (χ1n) is 6.51. The molecule has 1 heterocycles. The molecule has 0 unspecified atom stereocenters. The zero-order valence-corrected chi connectivity index (χ0v) is 12.2. The van der Waals surface area contributed by atoms with Gasteiger partial charge in [0.05, 0.1) is 11.3 Å². The molecule has 22 heavy (non-hydrogen) atoms. The number of carbonyl (C=O) groups is 1. The number of carboxylic acid groups (broad SMARTS) is 1. The molecule has 6 nitrogen and oxygen atoms in total. The molecule has 112 valence electrons. The minimum atomic E-state index is -1.25. The van der Waals surface area contributed by atoms with Gasteiger partial charge in [0.25, 0.3) is 0 Å². The Balaban J connectivity index is 2.07. The first kappa shape index (κ1) is 15.3. The number of aryl methyl sites for hydroxylation is 2. The minimum Gasteiger partial charge on any atom is -0.489 e. The fourth-order valence-corrected chi connectivity index (χ4v) is 1.83. The molecule has 0 aliphatic carbocycles. The van der Waals surface area contributed by atoms with E-state index in [-0.39, 0.29) is 5.57 Å². The number of aliphatic carboxylic acids is 1. The van der Waals surface area contributed by atoms with Crippen molar-refractivity contribution in [2.24, 2.45) is 0 Å². The summed E-state index contributed by atoms with van der Waals surface area (Å²) in [5.41, 5.74) is 1.99. The maximum Gasteiger partial charge on any atom is 0.346 e. The van der Waals surface area contributed by atoms with Crippen molar-refractivity contribution in [3.8, 4) is 11.8 Å². The van der Waals surface area contributed by atoms with Crippen molar-refractivity contribution in [2.75, 3.05) is 0 Å². The fourth-order valence-electron chi connectivity index (χ4n) is 1.83. The van der Waals surface area contributed by atoms with Gasteiger partial charge in [-0.25, -0.2) is 4.79 Å². The number of carboxylic acids is 1. The molecule has 1 aromatic carbocycles. The number of rotatable bonds is 5. The van der Waals surface area contributed by atoms with Crippen molar-refractivity contribution in [3.63, 3.8) is 0 Å². The van der Waals surface area contributed by atoms with E-state index in [0.717, 1.165) is 17.0 Å². The standard InChI is InChI=1S/C16H14N2O4/c1-10-15(11(2)22-18-10)9-21-14-5-3-12(4-6-14)7-13(8-17)16(19)20/h3-7H,9H2,1-2H3,(H,19,20)/b13-7+. The Hall–Kier alpha value is -3.07. The molecule has 0 amide bonds. The first-order valence-corrected chi connectivity index (χ1v) is 6.51. The predicted octanol–water partition coefficient (Wildman–Crippen LogP) is 2.86. The van der Waals surface area contributed by atoms with Gasteiger partial charge in [-0.1, -0.05) is 17.3 Å². The quantitative estimate of drug-likeness (QED) is 0.673. The molecule has 0 bridgehead atoms. The van der Waals surface area contributed by atoms with Crippen LogP contribution in [0.4, 0.5) is 0 Å². The van der Waals surface area contributed by atoms with Crippen molar-refractivity contribution in [1.82, 2.24) is 5.16 Å². The lowest BCUT2D eigenvalue weighted by atomic mass is 10.1. The summed E-state index contributed by atoms with van der Waals surface area (Å²) in [6.07, 6.45) is 1.31. The molecule has 0 radical (unpaired) electrons. The van der Waals surface area contributed by atoms with Crippen LogP contribution in [0, 0.1) is 25.2 Å². The van der Waals surface area contributed by atoms with E-state index in [1.807, 2.05) is 13.8 Å². The van der Waals surface area contributed by atoms with Gasteiger partial charge in [0.1, 0.15) is 29.8 Å². The van der Waals surface area contributed by atoms with Crippen LogP contribution in [0.2, 0.25) is 0 Å². The first-order chi connectivity index (χ1) is 10.5. The average molecular weight is 298 g/mol. The van der Waals surface area contributed by atoms with Crippen molar-refractivity contribution in [1.29, 1.82) is 5.26 Å². The van der Waals surface area contributed by atoms with Gasteiger partial charge in [-0.15, -0.1) is 0 Å². The van der Waals surface area contributed by atoms with E-state index in [9.17, 15) is 4.79 Å². The largest absolute Gasteiger partial charge is 0.489 e. The molecule has 0 aliphatic heterocycles. The second kappa shape index (κ2) is 6.59. The maximum atomic E-state index is 10.8. The van der Waals surface area contributed by atoms with Crippen LogP contribution in [0.3, 0.4) is 0 Å². The highest BCUT2D eigenvalue weighted by molar-refractivity contribution is 5.96. The van der Waals surface area contributed by atoms with E-state index in [0.29, 0.717) is 17.9 Å². The molecule has 0 saturated carbocycles. The highest BCUT2D eigenvalue weighted by Crippen LogP contribution is 2.18. The van der Waals surface area contributed by atoms with Crippen LogP contribution in [-0.4, -0.2) is 16.2 Å². The summed E-state index contributed by atoms with van der Waals surface area (Å²) < 4.78 is 10.7. The zero-order chi connectivity index (χ0) is 16.1. The molecule has 1 aromatic heterocycles. The Morgan fingerprint density at radius 2 is 2.09 bits per heavy atom.